The maximum absolute atomic E-state index is 12.7. The van der Waals surface area contributed by atoms with Gasteiger partial charge in [0.1, 0.15) is 12.7 Å². The highest BCUT2D eigenvalue weighted by Gasteiger charge is 2.22. The third-order valence-electron chi connectivity index (χ3n) is 4.44. The van der Waals surface area contributed by atoms with Crippen LogP contribution in [0.2, 0.25) is 0 Å². The summed E-state index contributed by atoms with van der Waals surface area (Å²) in [6.45, 7) is 2.82. The normalized spacial score (nSPS) is 15.5. The van der Waals surface area contributed by atoms with Gasteiger partial charge in [-0.25, -0.2) is 4.68 Å². The molecule has 1 aliphatic rings. The Morgan fingerprint density at radius 1 is 1.15 bits per heavy atom. The van der Waals surface area contributed by atoms with Gasteiger partial charge in [-0.3, -0.25) is 9.59 Å². The smallest absolute Gasteiger partial charge is 0.274 e. The topological polar surface area (TPSA) is 82.5 Å². The Labute approximate surface area is 155 Å². The van der Waals surface area contributed by atoms with Crippen molar-refractivity contribution < 1.29 is 14.3 Å². The molecule has 0 spiro atoms. The first-order chi connectivity index (χ1) is 13.2. The van der Waals surface area contributed by atoms with Gasteiger partial charge in [-0.15, -0.1) is 0 Å². The number of ether oxygens (including phenoxy) is 2. The molecule has 2 heterocycles. The van der Waals surface area contributed by atoms with E-state index in [2.05, 4.69) is 10.4 Å². The van der Waals surface area contributed by atoms with E-state index in [0.717, 1.165) is 0 Å². The number of benzene rings is 2. The van der Waals surface area contributed by atoms with Crippen molar-refractivity contribution >= 4 is 16.7 Å². The lowest BCUT2D eigenvalue weighted by atomic mass is 10.1. The van der Waals surface area contributed by atoms with Crippen molar-refractivity contribution in [3.63, 3.8) is 0 Å². The predicted octanol–water partition coefficient (Wildman–Crippen LogP) is 1.99. The van der Waals surface area contributed by atoms with E-state index < -0.39 is 0 Å². The van der Waals surface area contributed by atoms with E-state index >= 15 is 0 Å². The summed E-state index contributed by atoms with van der Waals surface area (Å²) >= 11 is 0. The highest BCUT2D eigenvalue weighted by atomic mass is 16.6. The Kier molecular flexibility index (Phi) is 4.50. The van der Waals surface area contributed by atoms with E-state index in [-0.39, 0.29) is 29.8 Å². The molecule has 138 valence electrons. The van der Waals surface area contributed by atoms with Crippen LogP contribution in [-0.2, 0) is 6.54 Å². The first kappa shape index (κ1) is 17.1. The standard InChI is InChI=1S/C20H19N3O4/c1-2-23-20(25)15-8-4-3-7-14(15)18(22-23)19(24)21-11-13-12-26-16-9-5-6-10-17(16)27-13/h3-10,13H,2,11-12H2,1H3,(H,21,24)/t13-/m1/s1. The van der Waals surface area contributed by atoms with Gasteiger partial charge < -0.3 is 14.8 Å². The molecule has 1 aliphatic heterocycles. The second-order valence-corrected chi connectivity index (χ2v) is 6.22. The molecule has 0 aliphatic carbocycles. The van der Waals surface area contributed by atoms with Gasteiger partial charge in [-0.05, 0) is 25.1 Å². The number of aromatic nitrogens is 2. The van der Waals surface area contributed by atoms with Gasteiger partial charge in [0.25, 0.3) is 11.5 Å². The van der Waals surface area contributed by atoms with Crippen molar-refractivity contribution in [2.45, 2.75) is 19.6 Å². The van der Waals surface area contributed by atoms with E-state index in [0.29, 0.717) is 35.4 Å². The summed E-state index contributed by atoms with van der Waals surface area (Å²) in [5, 5.41) is 8.09. The van der Waals surface area contributed by atoms with Crippen molar-refractivity contribution in [2.75, 3.05) is 13.2 Å². The Balaban J connectivity index is 1.54. The summed E-state index contributed by atoms with van der Waals surface area (Å²) in [6, 6.07) is 14.4. The van der Waals surface area contributed by atoms with Gasteiger partial charge in [0.15, 0.2) is 17.2 Å². The number of rotatable bonds is 4. The van der Waals surface area contributed by atoms with Crippen LogP contribution < -0.4 is 20.3 Å². The lowest BCUT2D eigenvalue weighted by Gasteiger charge is -2.26. The molecule has 0 unspecified atom stereocenters. The van der Waals surface area contributed by atoms with Gasteiger partial charge >= 0.3 is 0 Å². The van der Waals surface area contributed by atoms with Crippen LogP contribution in [0.1, 0.15) is 17.4 Å². The summed E-state index contributed by atoms with van der Waals surface area (Å²) in [4.78, 5) is 25.1. The van der Waals surface area contributed by atoms with Gasteiger partial charge in [0, 0.05) is 11.9 Å². The number of carbonyl (C=O) groups excluding carboxylic acids is 1. The van der Waals surface area contributed by atoms with Crippen LogP contribution in [-0.4, -0.2) is 34.9 Å². The fraction of sp³-hybridized carbons (Fsp3) is 0.250. The van der Waals surface area contributed by atoms with Crippen LogP contribution in [0.15, 0.2) is 53.3 Å². The molecule has 3 aromatic rings. The van der Waals surface area contributed by atoms with Gasteiger partial charge in [0.2, 0.25) is 0 Å². The van der Waals surface area contributed by atoms with Crippen molar-refractivity contribution in [1.82, 2.24) is 15.1 Å². The SMILES string of the molecule is CCn1nc(C(=O)NC[C@@H]2COc3ccccc3O2)c2ccccc2c1=O. The van der Waals surface area contributed by atoms with Crippen molar-refractivity contribution in [3.8, 4) is 11.5 Å². The van der Waals surface area contributed by atoms with E-state index in [1.54, 1.807) is 24.3 Å². The number of hydrogen-bond acceptors (Lipinski definition) is 5. The van der Waals surface area contributed by atoms with Crippen molar-refractivity contribution in [3.05, 3.63) is 64.6 Å². The molecule has 1 N–H and O–H groups in total. The molecule has 7 heteroatoms. The number of amides is 1. The maximum atomic E-state index is 12.7. The zero-order valence-electron chi connectivity index (χ0n) is 14.8. The summed E-state index contributed by atoms with van der Waals surface area (Å²) < 4.78 is 12.8. The molecule has 0 saturated heterocycles. The zero-order valence-corrected chi connectivity index (χ0v) is 14.8. The van der Waals surface area contributed by atoms with Crippen molar-refractivity contribution in [1.29, 1.82) is 0 Å². The Hall–Kier alpha value is -3.35. The molecule has 27 heavy (non-hydrogen) atoms. The predicted molar refractivity (Wildman–Crippen MR) is 100 cm³/mol. The molecule has 1 aromatic heterocycles. The first-order valence-corrected chi connectivity index (χ1v) is 8.84. The first-order valence-electron chi connectivity index (χ1n) is 8.84. The monoisotopic (exact) mass is 365 g/mol. The molecule has 0 radical (unpaired) electrons. The molecule has 4 rings (SSSR count). The van der Waals surface area contributed by atoms with E-state index in [4.69, 9.17) is 9.47 Å². The quantitative estimate of drug-likeness (QED) is 0.765. The highest BCUT2D eigenvalue weighted by Crippen LogP contribution is 2.30. The van der Waals surface area contributed by atoms with Gasteiger partial charge in [0.05, 0.1) is 11.9 Å². The third kappa shape index (κ3) is 3.23. The van der Waals surface area contributed by atoms with Crippen LogP contribution in [0, 0.1) is 0 Å². The number of nitrogens with zero attached hydrogens (tertiary/aromatic N) is 2. The summed E-state index contributed by atoms with van der Waals surface area (Å²) in [5.41, 5.74) is 0.0226. The van der Waals surface area contributed by atoms with Crippen LogP contribution >= 0.6 is 0 Å². The average molecular weight is 365 g/mol. The number of fused-ring (bicyclic) bond motifs is 2. The van der Waals surface area contributed by atoms with E-state index in [9.17, 15) is 9.59 Å². The number of nitrogens with one attached hydrogen (secondary N) is 1. The van der Waals surface area contributed by atoms with E-state index in [1.807, 2.05) is 31.2 Å². The molecule has 2 aromatic carbocycles. The van der Waals surface area contributed by atoms with Gasteiger partial charge in [-0.1, -0.05) is 30.3 Å². The van der Waals surface area contributed by atoms with E-state index in [1.165, 1.54) is 4.68 Å². The molecule has 0 bridgehead atoms. The summed E-state index contributed by atoms with van der Waals surface area (Å²) in [7, 11) is 0. The Morgan fingerprint density at radius 2 is 1.85 bits per heavy atom. The lowest BCUT2D eigenvalue weighted by molar-refractivity contribution is 0.0786. The highest BCUT2D eigenvalue weighted by molar-refractivity contribution is 6.04. The fourth-order valence-corrected chi connectivity index (χ4v) is 3.07. The molecule has 7 nitrogen and oxygen atoms in total. The van der Waals surface area contributed by atoms with Gasteiger partial charge in [-0.2, -0.15) is 5.10 Å². The second kappa shape index (κ2) is 7.11. The van der Waals surface area contributed by atoms with Crippen LogP contribution in [0.4, 0.5) is 0 Å². The molecular formula is C20H19N3O4. The Bertz CT molecular complexity index is 1060. The second-order valence-electron chi connectivity index (χ2n) is 6.22. The summed E-state index contributed by atoms with van der Waals surface area (Å²) in [6.07, 6.45) is -0.299. The minimum absolute atomic E-state index is 0.203. The molecule has 1 amide bonds. The molecular weight excluding hydrogens is 346 g/mol. The molecule has 1 atom stereocenters. The lowest BCUT2D eigenvalue weighted by Crippen LogP contribution is -2.41. The largest absolute Gasteiger partial charge is 0.486 e. The molecule has 0 fully saturated rings. The average Bonchev–Trinajstić information content (AvgIpc) is 2.72. The van der Waals surface area contributed by atoms with Crippen LogP contribution in [0.25, 0.3) is 10.8 Å². The molecule has 0 saturated carbocycles. The van der Waals surface area contributed by atoms with Crippen LogP contribution in [0.3, 0.4) is 0 Å². The number of carbonyl (C=O) groups is 1. The Morgan fingerprint density at radius 3 is 2.63 bits per heavy atom. The zero-order chi connectivity index (χ0) is 18.8. The maximum Gasteiger partial charge on any atom is 0.274 e. The van der Waals surface area contributed by atoms with Crippen LogP contribution in [0.5, 0.6) is 11.5 Å². The number of aryl methyl sites for hydroxylation is 1. The third-order valence-corrected chi connectivity index (χ3v) is 4.44. The summed E-state index contributed by atoms with van der Waals surface area (Å²) in [5.74, 6) is 1.00. The minimum Gasteiger partial charge on any atom is -0.486 e. The number of hydrogen-bond donors (Lipinski definition) is 1. The fourth-order valence-electron chi connectivity index (χ4n) is 3.07. The number of para-hydroxylation sites is 2. The van der Waals surface area contributed by atoms with Crippen molar-refractivity contribution in [2.24, 2.45) is 0 Å². The minimum atomic E-state index is -0.351.